The SMILES string of the molecule is CSCCC(NC(=O)c1ccc(CN(CCC2CCCCC2)Cc2cncs2)cc1-c1ccccc1C)C(=O)O. The molecule has 0 bridgehead atoms. The Kier molecular flexibility index (Phi) is 11.6. The van der Waals surface area contributed by atoms with Crippen LogP contribution in [0.15, 0.2) is 54.2 Å². The maximum Gasteiger partial charge on any atom is 0.326 e. The lowest BCUT2D eigenvalue weighted by Crippen LogP contribution is -2.41. The molecule has 0 aliphatic heterocycles. The fraction of sp³-hybridized carbons (Fsp3) is 0.469. The van der Waals surface area contributed by atoms with E-state index in [9.17, 15) is 14.7 Å². The summed E-state index contributed by atoms with van der Waals surface area (Å²) in [6.07, 6.45) is 12.2. The number of carbonyl (C=O) groups excluding carboxylic acids is 1. The van der Waals surface area contributed by atoms with Gasteiger partial charge in [0.05, 0.1) is 5.51 Å². The number of benzene rings is 2. The van der Waals surface area contributed by atoms with E-state index in [1.807, 2.05) is 61.3 Å². The van der Waals surface area contributed by atoms with Gasteiger partial charge in [0, 0.05) is 29.7 Å². The number of aryl methyl sites for hydroxylation is 1. The number of carbonyl (C=O) groups is 2. The second-order valence-electron chi connectivity index (χ2n) is 10.8. The minimum absolute atomic E-state index is 0.350. The summed E-state index contributed by atoms with van der Waals surface area (Å²) in [5, 5.41) is 12.5. The summed E-state index contributed by atoms with van der Waals surface area (Å²) in [5.41, 5.74) is 6.44. The Morgan fingerprint density at radius 3 is 2.62 bits per heavy atom. The highest BCUT2D eigenvalue weighted by Crippen LogP contribution is 2.30. The summed E-state index contributed by atoms with van der Waals surface area (Å²) in [7, 11) is 0. The molecule has 6 nitrogen and oxygen atoms in total. The molecule has 1 saturated carbocycles. The first kappa shape index (κ1) is 30.3. The molecule has 0 radical (unpaired) electrons. The summed E-state index contributed by atoms with van der Waals surface area (Å²) < 4.78 is 0. The maximum absolute atomic E-state index is 13.5. The minimum Gasteiger partial charge on any atom is -0.480 e. The van der Waals surface area contributed by atoms with Gasteiger partial charge >= 0.3 is 5.97 Å². The van der Waals surface area contributed by atoms with Crippen molar-refractivity contribution in [1.82, 2.24) is 15.2 Å². The van der Waals surface area contributed by atoms with Gasteiger partial charge in [-0.1, -0.05) is 62.4 Å². The highest BCUT2D eigenvalue weighted by atomic mass is 32.2. The number of carboxylic acids is 1. The van der Waals surface area contributed by atoms with Gasteiger partial charge in [-0.05, 0) is 78.6 Å². The summed E-state index contributed by atoms with van der Waals surface area (Å²) in [4.78, 5) is 33.3. The largest absolute Gasteiger partial charge is 0.480 e. The summed E-state index contributed by atoms with van der Waals surface area (Å²) in [6, 6.07) is 13.1. The van der Waals surface area contributed by atoms with Crippen molar-refractivity contribution < 1.29 is 14.7 Å². The molecular weight excluding hydrogens is 539 g/mol. The van der Waals surface area contributed by atoms with Crippen molar-refractivity contribution in [3.63, 3.8) is 0 Å². The van der Waals surface area contributed by atoms with Crippen molar-refractivity contribution >= 4 is 35.0 Å². The van der Waals surface area contributed by atoms with Crippen LogP contribution in [0, 0.1) is 12.8 Å². The van der Waals surface area contributed by atoms with Gasteiger partial charge in [0.1, 0.15) is 6.04 Å². The Hall–Kier alpha value is -2.68. The number of thiazole rings is 1. The number of hydrogen-bond acceptors (Lipinski definition) is 6. The third-order valence-corrected chi connectivity index (χ3v) is 9.23. The molecule has 1 amide bonds. The number of aromatic nitrogens is 1. The van der Waals surface area contributed by atoms with Crippen molar-refractivity contribution in [2.24, 2.45) is 5.92 Å². The smallest absolute Gasteiger partial charge is 0.326 e. The van der Waals surface area contributed by atoms with Gasteiger partial charge in [-0.3, -0.25) is 14.7 Å². The number of hydrogen-bond donors (Lipinski definition) is 2. The molecule has 1 heterocycles. The van der Waals surface area contributed by atoms with E-state index in [4.69, 9.17) is 0 Å². The number of nitrogens with one attached hydrogen (secondary N) is 1. The van der Waals surface area contributed by atoms with Crippen LogP contribution in [0.4, 0.5) is 0 Å². The van der Waals surface area contributed by atoms with Crippen LogP contribution < -0.4 is 5.32 Å². The van der Waals surface area contributed by atoms with E-state index in [0.717, 1.165) is 47.8 Å². The van der Waals surface area contributed by atoms with Gasteiger partial charge in [-0.2, -0.15) is 11.8 Å². The van der Waals surface area contributed by atoms with E-state index in [1.54, 1.807) is 23.1 Å². The van der Waals surface area contributed by atoms with Crippen molar-refractivity contribution in [3.8, 4) is 11.1 Å². The van der Waals surface area contributed by atoms with Crippen LogP contribution in [0.1, 0.15) is 71.3 Å². The number of amides is 1. The molecule has 0 spiro atoms. The zero-order chi connectivity index (χ0) is 28.3. The molecule has 1 unspecified atom stereocenters. The lowest BCUT2D eigenvalue weighted by Gasteiger charge is -2.27. The van der Waals surface area contributed by atoms with Crippen LogP contribution in [0.3, 0.4) is 0 Å². The monoisotopic (exact) mass is 579 g/mol. The molecule has 1 aliphatic carbocycles. The highest BCUT2D eigenvalue weighted by Gasteiger charge is 2.23. The Labute approximate surface area is 246 Å². The van der Waals surface area contributed by atoms with E-state index in [1.165, 1.54) is 43.4 Å². The average molecular weight is 580 g/mol. The molecule has 3 aromatic rings. The third kappa shape index (κ3) is 8.66. The minimum atomic E-state index is -1.01. The Morgan fingerprint density at radius 1 is 1.12 bits per heavy atom. The number of nitrogens with zero attached hydrogens (tertiary/aromatic N) is 2. The van der Waals surface area contributed by atoms with Crippen LogP contribution in [-0.2, 0) is 17.9 Å². The van der Waals surface area contributed by atoms with Crippen LogP contribution in [0.2, 0.25) is 0 Å². The van der Waals surface area contributed by atoms with E-state index in [0.29, 0.717) is 17.7 Å². The molecule has 4 rings (SSSR count). The topological polar surface area (TPSA) is 82.5 Å². The summed E-state index contributed by atoms with van der Waals surface area (Å²) >= 11 is 3.26. The fourth-order valence-electron chi connectivity index (χ4n) is 5.57. The van der Waals surface area contributed by atoms with Crippen LogP contribution in [-0.4, -0.2) is 51.5 Å². The average Bonchev–Trinajstić information content (AvgIpc) is 3.47. The second-order valence-corrected chi connectivity index (χ2v) is 12.8. The quantitative estimate of drug-likeness (QED) is 0.213. The van der Waals surface area contributed by atoms with Gasteiger partial charge in [0.15, 0.2) is 0 Å². The predicted molar refractivity (Wildman–Crippen MR) is 166 cm³/mol. The fourth-order valence-corrected chi connectivity index (χ4v) is 6.68. The first-order valence-corrected chi connectivity index (χ1v) is 16.5. The Balaban J connectivity index is 1.60. The molecule has 2 aromatic carbocycles. The summed E-state index contributed by atoms with van der Waals surface area (Å²) in [6.45, 7) is 4.70. The molecule has 1 atom stereocenters. The molecule has 0 saturated heterocycles. The highest BCUT2D eigenvalue weighted by molar-refractivity contribution is 7.98. The van der Waals surface area contributed by atoms with Gasteiger partial charge in [-0.25, -0.2) is 4.79 Å². The molecule has 1 aliphatic rings. The lowest BCUT2D eigenvalue weighted by atomic mass is 9.87. The number of carboxylic acid groups (broad SMARTS) is 1. The summed E-state index contributed by atoms with van der Waals surface area (Å²) in [5.74, 6) is 0.113. The van der Waals surface area contributed by atoms with Gasteiger partial charge in [-0.15, -0.1) is 11.3 Å². The molecule has 1 aromatic heterocycles. The van der Waals surface area contributed by atoms with Gasteiger partial charge < -0.3 is 10.4 Å². The lowest BCUT2D eigenvalue weighted by molar-refractivity contribution is -0.139. The molecule has 2 N–H and O–H groups in total. The first-order chi connectivity index (χ1) is 19.4. The Bertz CT molecular complexity index is 1240. The molecule has 8 heteroatoms. The maximum atomic E-state index is 13.5. The molecule has 1 fully saturated rings. The van der Waals surface area contributed by atoms with Crippen molar-refractivity contribution in [2.45, 2.75) is 71.0 Å². The number of aliphatic carboxylic acids is 1. The van der Waals surface area contributed by atoms with Crippen molar-refractivity contribution in [2.75, 3.05) is 18.6 Å². The molecular formula is C32H41N3O3S2. The van der Waals surface area contributed by atoms with Crippen molar-refractivity contribution in [3.05, 3.63) is 75.7 Å². The van der Waals surface area contributed by atoms with Gasteiger partial charge in [0.25, 0.3) is 5.91 Å². The van der Waals surface area contributed by atoms with Crippen LogP contribution >= 0.6 is 23.1 Å². The zero-order valence-corrected chi connectivity index (χ0v) is 25.2. The van der Waals surface area contributed by atoms with E-state index >= 15 is 0 Å². The van der Waals surface area contributed by atoms with Crippen molar-refractivity contribution in [1.29, 1.82) is 0 Å². The Morgan fingerprint density at radius 2 is 1.93 bits per heavy atom. The molecule has 214 valence electrons. The number of thioether (sulfide) groups is 1. The number of rotatable bonds is 14. The standard InChI is InChI=1S/C32H41N3O3S2/c1-23-8-6-7-11-27(23)29-18-25(12-13-28(29)31(36)34-30(32(37)38)15-17-39-2)20-35(21-26-19-33-22-40-26)16-14-24-9-4-3-5-10-24/h6-8,11-13,18-19,22,24,30H,3-5,9-10,14-17,20-21H2,1-2H3,(H,34,36)(H,37,38). The van der Waals surface area contributed by atoms with Crippen LogP contribution in [0.25, 0.3) is 11.1 Å². The normalized spacial score (nSPS) is 14.8. The van der Waals surface area contributed by atoms with E-state index in [2.05, 4.69) is 21.3 Å². The first-order valence-electron chi connectivity index (χ1n) is 14.3. The third-order valence-electron chi connectivity index (χ3n) is 7.83. The van der Waals surface area contributed by atoms with E-state index in [-0.39, 0.29) is 5.91 Å². The van der Waals surface area contributed by atoms with Gasteiger partial charge in [0.2, 0.25) is 0 Å². The second kappa shape index (κ2) is 15.4. The van der Waals surface area contributed by atoms with Crippen LogP contribution in [0.5, 0.6) is 0 Å². The van der Waals surface area contributed by atoms with E-state index < -0.39 is 12.0 Å². The predicted octanol–water partition coefficient (Wildman–Crippen LogP) is 7.03. The molecule has 40 heavy (non-hydrogen) atoms. The zero-order valence-electron chi connectivity index (χ0n) is 23.6.